The van der Waals surface area contributed by atoms with Crippen LogP contribution in [0.25, 0.3) is 0 Å². The van der Waals surface area contributed by atoms with Gasteiger partial charge in [-0.25, -0.2) is 13.5 Å². The minimum absolute atomic E-state index is 0.0663. The van der Waals surface area contributed by atoms with Crippen LogP contribution in [0.5, 0.6) is 0 Å². The summed E-state index contributed by atoms with van der Waals surface area (Å²) >= 11 is 0. The van der Waals surface area contributed by atoms with Crippen LogP contribution in [0.15, 0.2) is 97.3 Å². The summed E-state index contributed by atoms with van der Waals surface area (Å²) in [4.78, 5) is 13.3. The topological polar surface area (TPSA) is 51.9 Å². The predicted molar refractivity (Wildman–Crippen MR) is 134 cm³/mol. The van der Waals surface area contributed by atoms with Crippen LogP contribution in [0.4, 0.5) is 4.39 Å². The Hall–Kier alpha value is -3.73. The van der Waals surface area contributed by atoms with E-state index in [1.807, 2.05) is 79.0 Å². The second kappa shape index (κ2) is 9.49. The van der Waals surface area contributed by atoms with Crippen LogP contribution < -0.4 is 10.3 Å². The van der Waals surface area contributed by atoms with Crippen LogP contribution in [-0.4, -0.2) is 10.5 Å². The zero-order valence-corrected chi connectivity index (χ0v) is 20.0. The van der Waals surface area contributed by atoms with Crippen molar-refractivity contribution in [3.05, 3.63) is 126 Å². The lowest BCUT2D eigenvalue weighted by Crippen LogP contribution is -2.47. The summed E-state index contributed by atoms with van der Waals surface area (Å²) < 4.78 is 18.6. The van der Waals surface area contributed by atoms with Crippen molar-refractivity contribution >= 4 is 5.91 Å². The molecule has 4 aromatic rings. The minimum atomic E-state index is -0.887. The van der Waals surface area contributed by atoms with E-state index in [9.17, 15) is 9.18 Å². The summed E-state index contributed by atoms with van der Waals surface area (Å²) in [5, 5.41) is 0. The molecule has 1 fully saturated rings. The Morgan fingerprint density at radius 1 is 0.971 bits per heavy atom. The summed E-state index contributed by atoms with van der Waals surface area (Å²) in [6, 6.07) is 27.1. The normalized spacial score (nSPS) is 18.0. The van der Waals surface area contributed by atoms with Crippen molar-refractivity contribution in [2.45, 2.75) is 44.2 Å². The third-order valence-corrected chi connectivity index (χ3v) is 7.75. The minimum Gasteiger partial charge on any atom is -0.369 e. The molecule has 1 saturated carbocycles. The van der Waals surface area contributed by atoms with Gasteiger partial charge in [0.25, 0.3) is 5.82 Å². The number of carbonyl (C=O) groups excluding carboxylic acids is 1. The highest BCUT2D eigenvalue weighted by molar-refractivity contribution is 5.91. The van der Waals surface area contributed by atoms with Crippen molar-refractivity contribution in [1.82, 2.24) is 4.57 Å². The molecule has 5 rings (SSSR count). The summed E-state index contributed by atoms with van der Waals surface area (Å²) in [6.45, 7) is 2.56. The van der Waals surface area contributed by atoms with Crippen molar-refractivity contribution in [3.63, 3.8) is 0 Å². The van der Waals surface area contributed by atoms with E-state index in [0.717, 1.165) is 36.2 Å². The molecule has 1 aliphatic rings. The van der Waals surface area contributed by atoms with E-state index in [1.165, 1.54) is 6.07 Å². The number of benzene rings is 3. The Morgan fingerprint density at radius 2 is 1.57 bits per heavy atom. The average Bonchev–Trinajstić information content (AvgIpc) is 3.49. The monoisotopic (exact) mass is 468 g/mol. The Kier molecular flexibility index (Phi) is 6.25. The summed E-state index contributed by atoms with van der Waals surface area (Å²) in [6.07, 6.45) is 6.78. The second-order valence-electron chi connectivity index (χ2n) is 9.54. The fourth-order valence-corrected chi connectivity index (χ4v) is 6.01. The van der Waals surface area contributed by atoms with E-state index < -0.39 is 5.41 Å². The Bertz CT molecular complexity index is 1280. The molecule has 2 atom stereocenters. The molecule has 1 aliphatic carbocycles. The summed E-state index contributed by atoms with van der Waals surface area (Å²) in [5.41, 5.74) is 7.93. The van der Waals surface area contributed by atoms with Gasteiger partial charge in [-0.1, -0.05) is 78.9 Å². The Labute approximate surface area is 205 Å². The van der Waals surface area contributed by atoms with Crippen LogP contribution in [0.3, 0.4) is 0 Å². The van der Waals surface area contributed by atoms with Crippen LogP contribution in [-0.2, 0) is 16.8 Å². The molecule has 178 valence electrons. The molecular formula is C30H31FN3O+. The van der Waals surface area contributed by atoms with Gasteiger partial charge in [-0.05, 0) is 42.4 Å². The maximum atomic E-state index is 14.2. The van der Waals surface area contributed by atoms with Crippen molar-refractivity contribution in [2.75, 3.05) is 0 Å². The standard InChI is InChI=1S/C30H30FN3O/c1-22-33(21-23-10-8-9-15-28(23)31)18-19-34(22)27-17-16-26(20-27)30(29(32)35,24-11-4-2-5-12-24)25-13-6-3-7-14-25/h2-15,18-19,26-27H,16-17,20-21H2,1H3,(H-,32,35)/p+1. The van der Waals surface area contributed by atoms with Gasteiger partial charge in [0.05, 0.1) is 0 Å². The summed E-state index contributed by atoms with van der Waals surface area (Å²) in [5.74, 6) is 0.643. The molecule has 0 radical (unpaired) electrons. The Morgan fingerprint density at radius 3 is 2.17 bits per heavy atom. The predicted octanol–water partition coefficient (Wildman–Crippen LogP) is 5.08. The van der Waals surface area contributed by atoms with Crippen molar-refractivity contribution in [1.29, 1.82) is 0 Å². The van der Waals surface area contributed by atoms with Gasteiger partial charge in [0.15, 0.2) is 0 Å². The molecule has 0 saturated heterocycles. The first-order chi connectivity index (χ1) is 17.0. The third-order valence-electron chi connectivity index (χ3n) is 7.75. The van der Waals surface area contributed by atoms with Gasteiger partial charge >= 0.3 is 0 Å². The molecule has 2 N–H and O–H groups in total. The number of imidazole rings is 1. The van der Waals surface area contributed by atoms with E-state index in [0.29, 0.717) is 12.1 Å². The highest BCUT2D eigenvalue weighted by atomic mass is 19.1. The number of rotatable bonds is 7. The van der Waals surface area contributed by atoms with Gasteiger partial charge in [0.2, 0.25) is 5.91 Å². The lowest BCUT2D eigenvalue weighted by atomic mass is 9.64. The third kappa shape index (κ3) is 4.05. The fourth-order valence-electron chi connectivity index (χ4n) is 6.01. The van der Waals surface area contributed by atoms with Crippen molar-refractivity contribution < 1.29 is 13.8 Å². The zero-order chi connectivity index (χ0) is 24.4. The van der Waals surface area contributed by atoms with Crippen molar-refractivity contribution in [3.8, 4) is 0 Å². The van der Waals surface area contributed by atoms with Gasteiger partial charge in [0.1, 0.15) is 36.2 Å². The highest BCUT2D eigenvalue weighted by Gasteiger charge is 2.51. The maximum absolute atomic E-state index is 14.2. The van der Waals surface area contributed by atoms with Gasteiger partial charge in [-0.15, -0.1) is 0 Å². The lowest BCUT2D eigenvalue weighted by Gasteiger charge is -2.37. The molecule has 0 bridgehead atoms. The smallest absolute Gasteiger partial charge is 0.253 e. The number of nitrogens with zero attached hydrogens (tertiary/aromatic N) is 2. The number of aromatic nitrogens is 2. The fraction of sp³-hybridized carbons (Fsp3) is 0.267. The highest BCUT2D eigenvalue weighted by Crippen LogP contribution is 2.49. The SMILES string of the molecule is Cc1n(C2CCC(C(C(N)=O)(c3ccccc3)c3ccccc3)C2)cc[n+]1Cc1ccccc1F. The van der Waals surface area contributed by atoms with E-state index in [1.54, 1.807) is 6.07 Å². The van der Waals surface area contributed by atoms with E-state index in [-0.39, 0.29) is 23.7 Å². The first kappa shape index (κ1) is 23.0. The van der Waals surface area contributed by atoms with Gasteiger partial charge < -0.3 is 5.73 Å². The molecule has 2 unspecified atom stereocenters. The summed E-state index contributed by atoms with van der Waals surface area (Å²) in [7, 11) is 0. The number of hydrogen-bond donors (Lipinski definition) is 1. The largest absolute Gasteiger partial charge is 0.369 e. The second-order valence-corrected chi connectivity index (χ2v) is 9.54. The quantitative estimate of drug-likeness (QED) is 0.378. The lowest BCUT2D eigenvalue weighted by molar-refractivity contribution is -0.694. The van der Waals surface area contributed by atoms with Crippen LogP contribution >= 0.6 is 0 Å². The molecule has 1 heterocycles. The number of halogens is 1. The molecule has 0 aliphatic heterocycles. The molecule has 3 aromatic carbocycles. The maximum Gasteiger partial charge on any atom is 0.253 e. The molecule has 1 aromatic heterocycles. The zero-order valence-electron chi connectivity index (χ0n) is 20.0. The molecule has 1 amide bonds. The van der Waals surface area contributed by atoms with Crippen molar-refractivity contribution in [2.24, 2.45) is 11.7 Å². The van der Waals surface area contributed by atoms with Crippen LogP contribution in [0, 0.1) is 18.7 Å². The van der Waals surface area contributed by atoms with Crippen LogP contribution in [0.2, 0.25) is 0 Å². The number of amides is 1. The van der Waals surface area contributed by atoms with Crippen LogP contribution in [0.1, 0.15) is 47.8 Å². The number of hydrogen-bond acceptors (Lipinski definition) is 1. The molecular weight excluding hydrogens is 437 g/mol. The number of carbonyl (C=O) groups is 1. The molecule has 5 heteroatoms. The first-order valence-electron chi connectivity index (χ1n) is 12.2. The van der Waals surface area contributed by atoms with Gasteiger partial charge in [0, 0.05) is 12.5 Å². The molecule has 35 heavy (non-hydrogen) atoms. The average molecular weight is 469 g/mol. The van der Waals surface area contributed by atoms with E-state index in [4.69, 9.17) is 5.73 Å². The first-order valence-corrected chi connectivity index (χ1v) is 12.2. The van der Waals surface area contributed by atoms with E-state index >= 15 is 0 Å². The molecule has 4 nitrogen and oxygen atoms in total. The number of nitrogens with two attached hydrogens (primary N) is 1. The van der Waals surface area contributed by atoms with E-state index in [2.05, 4.69) is 22.3 Å². The van der Waals surface area contributed by atoms with Gasteiger partial charge in [-0.3, -0.25) is 4.79 Å². The molecule has 0 spiro atoms. The van der Waals surface area contributed by atoms with Gasteiger partial charge in [-0.2, -0.15) is 0 Å². The Balaban J connectivity index is 1.48. The number of primary amides is 1.